The lowest BCUT2D eigenvalue weighted by molar-refractivity contribution is -0.229. The fraction of sp³-hybridized carbons (Fsp3) is 0.367. The molecule has 2 fully saturated rings. The fourth-order valence-corrected chi connectivity index (χ4v) is 4.99. The lowest BCUT2D eigenvalue weighted by Gasteiger charge is -2.35. The summed E-state index contributed by atoms with van der Waals surface area (Å²) in [5.41, 5.74) is 2.14. The molecule has 0 bridgehead atoms. The van der Waals surface area contributed by atoms with Crippen LogP contribution >= 0.6 is 0 Å². The number of aromatic nitrogens is 5. The minimum atomic E-state index is -0.910. The average molecular weight is 559 g/mol. The van der Waals surface area contributed by atoms with Gasteiger partial charge in [-0.05, 0) is 75.1 Å². The summed E-state index contributed by atoms with van der Waals surface area (Å²) in [5.74, 6) is -0.162. The molecule has 212 valence electrons. The second kappa shape index (κ2) is 11.7. The standard InChI is InChI=1S/C30H31FN6O4/c1-30(28(38)34-21-11-14-32-15-12-21)17-39-27(40-18-30)26-36-24(19-7-9-20(31)10-8-19)25(37-26)23-13-16-33-29(35-23)41-22-5-3-2-4-6-22/h7-16,22,27H,2-6,17-18H2,1H3,(H,36,37)(H,32,34,38). The highest BCUT2D eigenvalue weighted by Crippen LogP contribution is 2.36. The van der Waals surface area contributed by atoms with Crippen LogP contribution in [0.4, 0.5) is 10.1 Å². The van der Waals surface area contributed by atoms with Gasteiger partial charge in [-0.3, -0.25) is 9.78 Å². The first-order chi connectivity index (χ1) is 20.0. The van der Waals surface area contributed by atoms with Crippen LogP contribution in [-0.2, 0) is 14.3 Å². The van der Waals surface area contributed by atoms with E-state index in [1.54, 1.807) is 55.8 Å². The van der Waals surface area contributed by atoms with Gasteiger partial charge in [-0.15, -0.1) is 0 Å². The van der Waals surface area contributed by atoms with Crippen molar-refractivity contribution in [3.8, 4) is 28.7 Å². The Balaban J connectivity index is 1.24. The number of H-pyrrole nitrogens is 1. The highest BCUT2D eigenvalue weighted by Gasteiger charge is 2.41. The molecular formula is C30H31FN6O4. The quantitative estimate of drug-likeness (QED) is 0.306. The monoisotopic (exact) mass is 558 g/mol. The molecule has 11 heteroatoms. The van der Waals surface area contributed by atoms with Crippen molar-refractivity contribution in [2.45, 2.75) is 51.4 Å². The van der Waals surface area contributed by atoms with E-state index in [2.05, 4.69) is 25.3 Å². The van der Waals surface area contributed by atoms with Crippen LogP contribution in [0.15, 0.2) is 61.1 Å². The van der Waals surface area contributed by atoms with Gasteiger partial charge in [0, 0.05) is 29.8 Å². The first kappa shape index (κ1) is 27.0. The van der Waals surface area contributed by atoms with Crippen LogP contribution in [0.3, 0.4) is 0 Å². The largest absolute Gasteiger partial charge is 0.460 e. The smallest absolute Gasteiger partial charge is 0.317 e. The van der Waals surface area contributed by atoms with Crippen molar-refractivity contribution in [1.82, 2.24) is 24.9 Å². The molecule has 41 heavy (non-hydrogen) atoms. The van der Waals surface area contributed by atoms with Crippen LogP contribution in [0.25, 0.3) is 22.6 Å². The number of anilines is 1. The summed E-state index contributed by atoms with van der Waals surface area (Å²) >= 11 is 0. The maximum atomic E-state index is 13.7. The van der Waals surface area contributed by atoms with E-state index in [9.17, 15) is 9.18 Å². The van der Waals surface area contributed by atoms with Crippen LogP contribution in [0.1, 0.15) is 51.1 Å². The summed E-state index contributed by atoms with van der Waals surface area (Å²) in [6, 6.07) is 11.6. The molecule has 10 nitrogen and oxygen atoms in total. The lowest BCUT2D eigenvalue weighted by Crippen LogP contribution is -2.45. The summed E-state index contributed by atoms with van der Waals surface area (Å²) in [6.45, 7) is 2.01. The summed E-state index contributed by atoms with van der Waals surface area (Å²) < 4.78 is 31.9. The van der Waals surface area contributed by atoms with Gasteiger partial charge in [0.1, 0.15) is 11.9 Å². The van der Waals surface area contributed by atoms with E-state index in [1.807, 2.05) is 0 Å². The molecule has 3 aromatic heterocycles. The molecule has 4 heterocycles. The molecule has 1 saturated heterocycles. The van der Waals surface area contributed by atoms with Crippen LogP contribution < -0.4 is 10.1 Å². The van der Waals surface area contributed by atoms with E-state index in [0.29, 0.717) is 40.2 Å². The Morgan fingerprint density at radius 1 is 1.00 bits per heavy atom. The summed E-state index contributed by atoms with van der Waals surface area (Å²) in [6.07, 6.45) is 9.58. The third-order valence-electron chi connectivity index (χ3n) is 7.37. The number of benzene rings is 1. The van der Waals surface area contributed by atoms with E-state index in [1.165, 1.54) is 18.6 Å². The SMILES string of the molecule is CC1(C(=O)Nc2ccncc2)COC(c2nc(-c3ccc(F)cc3)c(-c3ccnc(OC4CCCCC4)n3)[nH]2)OC1. The Morgan fingerprint density at radius 3 is 2.46 bits per heavy atom. The van der Waals surface area contributed by atoms with Gasteiger partial charge < -0.3 is 24.5 Å². The summed E-state index contributed by atoms with van der Waals surface area (Å²) in [7, 11) is 0. The van der Waals surface area contributed by atoms with Crippen LogP contribution in [0, 0.1) is 11.2 Å². The number of aromatic amines is 1. The van der Waals surface area contributed by atoms with Crippen LogP contribution in [-0.4, -0.2) is 50.1 Å². The number of ether oxygens (including phenoxy) is 3. The van der Waals surface area contributed by atoms with Gasteiger partial charge in [0.15, 0.2) is 5.82 Å². The number of amides is 1. The van der Waals surface area contributed by atoms with Crippen molar-refractivity contribution in [2.24, 2.45) is 5.41 Å². The van der Waals surface area contributed by atoms with Gasteiger partial charge in [0.2, 0.25) is 12.2 Å². The third-order valence-corrected chi connectivity index (χ3v) is 7.37. The topological polar surface area (TPSA) is 124 Å². The van der Waals surface area contributed by atoms with E-state index < -0.39 is 11.7 Å². The number of carbonyl (C=O) groups is 1. The molecule has 1 amide bonds. The van der Waals surface area contributed by atoms with E-state index in [-0.39, 0.29) is 31.0 Å². The first-order valence-electron chi connectivity index (χ1n) is 13.8. The van der Waals surface area contributed by atoms with Crippen molar-refractivity contribution in [3.05, 3.63) is 72.7 Å². The molecular weight excluding hydrogens is 527 g/mol. The van der Waals surface area contributed by atoms with Gasteiger partial charge in [0.05, 0.1) is 35.7 Å². The molecule has 4 aromatic rings. The van der Waals surface area contributed by atoms with Crippen molar-refractivity contribution >= 4 is 11.6 Å². The van der Waals surface area contributed by atoms with Gasteiger partial charge in [-0.2, -0.15) is 4.98 Å². The van der Waals surface area contributed by atoms with E-state index >= 15 is 0 Å². The number of carbonyl (C=O) groups excluding carboxylic acids is 1. The third kappa shape index (κ3) is 6.10. The van der Waals surface area contributed by atoms with Crippen molar-refractivity contribution in [2.75, 3.05) is 18.5 Å². The number of pyridine rings is 1. The minimum Gasteiger partial charge on any atom is -0.460 e. The predicted molar refractivity (Wildman–Crippen MR) is 148 cm³/mol. The average Bonchev–Trinajstić information content (AvgIpc) is 3.45. The number of hydrogen-bond acceptors (Lipinski definition) is 8. The number of hydrogen-bond donors (Lipinski definition) is 2. The molecule has 1 aromatic carbocycles. The Hall–Kier alpha value is -4.22. The van der Waals surface area contributed by atoms with Gasteiger partial charge in [-0.1, -0.05) is 6.42 Å². The Morgan fingerprint density at radius 2 is 1.73 bits per heavy atom. The summed E-state index contributed by atoms with van der Waals surface area (Å²) in [5, 5.41) is 2.88. The zero-order valence-electron chi connectivity index (χ0n) is 22.7. The number of rotatable bonds is 7. The molecule has 0 unspecified atom stereocenters. The van der Waals surface area contributed by atoms with Gasteiger partial charge in [-0.25, -0.2) is 14.4 Å². The van der Waals surface area contributed by atoms with Crippen molar-refractivity contribution in [3.63, 3.8) is 0 Å². The zero-order chi connectivity index (χ0) is 28.2. The highest BCUT2D eigenvalue weighted by atomic mass is 19.1. The molecule has 1 saturated carbocycles. The Bertz CT molecular complexity index is 1480. The molecule has 0 atom stereocenters. The van der Waals surface area contributed by atoms with E-state index in [0.717, 1.165) is 25.7 Å². The first-order valence-corrected chi connectivity index (χ1v) is 13.8. The molecule has 1 aliphatic heterocycles. The van der Waals surface area contributed by atoms with Crippen molar-refractivity contribution in [1.29, 1.82) is 0 Å². The molecule has 2 N–H and O–H groups in total. The fourth-order valence-electron chi connectivity index (χ4n) is 4.99. The zero-order valence-corrected chi connectivity index (χ0v) is 22.7. The molecule has 1 aliphatic carbocycles. The minimum absolute atomic E-state index is 0.0991. The van der Waals surface area contributed by atoms with Crippen LogP contribution in [0.5, 0.6) is 6.01 Å². The predicted octanol–water partition coefficient (Wildman–Crippen LogP) is 5.47. The number of nitrogens with zero attached hydrogens (tertiary/aromatic N) is 4. The normalized spacial score (nSPS) is 21.4. The molecule has 2 aliphatic rings. The number of imidazole rings is 1. The van der Waals surface area contributed by atoms with Crippen molar-refractivity contribution < 1.29 is 23.4 Å². The Kier molecular flexibility index (Phi) is 7.71. The highest BCUT2D eigenvalue weighted by molar-refractivity contribution is 5.95. The molecule has 6 rings (SSSR count). The Labute approximate surface area is 236 Å². The maximum absolute atomic E-state index is 13.7. The van der Waals surface area contributed by atoms with Gasteiger partial charge >= 0.3 is 6.01 Å². The van der Waals surface area contributed by atoms with E-state index in [4.69, 9.17) is 19.2 Å². The number of nitrogens with one attached hydrogen (secondary N) is 2. The van der Waals surface area contributed by atoms with Crippen LogP contribution in [0.2, 0.25) is 0 Å². The maximum Gasteiger partial charge on any atom is 0.317 e. The number of halogens is 1. The summed E-state index contributed by atoms with van der Waals surface area (Å²) in [4.78, 5) is 34.0. The molecule has 0 spiro atoms. The second-order valence-electron chi connectivity index (χ2n) is 10.7. The second-order valence-corrected chi connectivity index (χ2v) is 10.7. The molecule has 0 radical (unpaired) electrons. The lowest BCUT2D eigenvalue weighted by atomic mass is 9.91. The van der Waals surface area contributed by atoms with Gasteiger partial charge in [0.25, 0.3) is 0 Å².